The molecule has 1 saturated carbocycles. The second kappa shape index (κ2) is 9.23. The predicted molar refractivity (Wildman–Crippen MR) is 105 cm³/mol. The zero-order valence-electron chi connectivity index (χ0n) is 16.8. The first-order valence-electron chi connectivity index (χ1n) is 10.00. The lowest BCUT2D eigenvalue weighted by Gasteiger charge is -2.27. The van der Waals surface area contributed by atoms with Crippen LogP contribution < -0.4 is 5.32 Å². The van der Waals surface area contributed by atoms with Crippen LogP contribution in [0, 0.1) is 24.2 Å². The number of amides is 1. The number of likely N-dealkylation sites (tertiary alicyclic amines) is 1. The lowest BCUT2D eigenvalue weighted by molar-refractivity contribution is -0.192. The van der Waals surface area contributed by atoms with Gasteiger partial charge in [-0.2, -0.15) is 13.2 Å². The van der Waals surface area contributed by atoms with E-state index in [-0.39, 0.29) is 11.3 Å². The second-order valence-corrected chi connectivity index (χ2v) is 9.86. The Hall–Kier alpha value is -1.65. The molecule has 3 heterocycles. The molecule has 0 bridgehead atoms. The maximum Gasteiger partial charge on any atom is 0.490 e. The first kappa shape index (κ1) is 23.0. The van der Waals surface area contributed by atoms with Crippen molar-refractivity contribution in [2.45, 2.75) is 38.9 Å². The van der Waals surface area contributed by atoms with Crippen LogP contribution in [0.4, 0.5) is 13.2 Å². The number of aliphatic carboxylic acids is 1. The summed E-state index contributed by atoms with van der Waals surface area (Å²) < 4.78 is 37.5. The van der Waals surface area contributed by atoms with Crippen molar-refractivity contribution in [3.63, 3.8) is 0 Å². The number of nitrogens with one attached hydrogen (secondary N) is 1. The van der Waals surface area contributed by atoms with Crippen LogP contribution in [0.1, 0.15) is 29.0 Å². The maximum atomic E-state index is 12.0. The normalized spacial score (nSPS) is 26.1. The van der Waals surface area contributed by atoms with E-state index in [1.807, 2.05) is 11.3 Å². The Morgan fingerprint density at radius 1 is 1.37 bits per heavy atom. The van der Waals surface area contributed by atoms with E-state index in [9.17, 15) is 18.0 Å². The number of hydrogen-bond acceptors (Lipinski definition) is 5. The van der Waals surface area contributed by atoms with Gasteiger partial charge in [0.25, 0.3) is 0 Å². The summed E-state index contributed by atoms with van der Waals surface area (Å²) in [6.45, 7) is 7.75. The minimum absolute atomic E-state index is 0.130. The second-order valence-electron chi connectivity index (χ2n) is 8.48. The van der Waals surface area contributed by atoms with Crippen LogP contribution in [0.25, 0.3) is 0 Å². The highest BCUT2D eigenvalue weighted by Crippen LogP contribution is 2.41. The van der Waals surface area contributed by atoms with Gasteiger partial charge in [0.1, 0.15) is 0 Å². The average molecular weight is 449 g/mol. The molecule has 3 fully saturated rings. The van der Waals surface area contributed by atoms with Crippen molar-refractivity contribution in [2.75, 3.05) is 32.8 Å². The number of alkyl halides is 3. The maximum absolute atomic E-state index is 12.0. The SMILES string of the molecule is Cc1ccc(CN2C[C@@H]3COC[C@]3(CNC(=O)CC3CC3)C2)s1.O=C(O)C(F)(F)F. The van der Waals surface area contributed by atoms with Gasteiger partial charge in [0, 0.05) is 53.7 Å². The summed E-state index contributed by atoms with van der Waals surface area (Å²) in [6.07, 6.45) is -1.89. The van der Waals surface area contributed by atoms with Crippen molar-refractivity contribution in [1.29, 1.82) is 0 Å². The third-order valence-electron chi connectivity index (χ3n) is 5.82. The number of carboxylic acid groups (broad SMARTS) is 1. The minimum Gasteiger partial charge on any atom is -0.475 e. The van der Waals surface area contributed by atoms with Crippen molar-refractivity contribution >= 4 is 23.2 Å². The first-order valence-corrected chi connectivity index (χ1v) is 10.8. The van der Waals surface area contributed by atoms with Crippen LogP contribution in [0.5, 0.6) is 0 Å². The predicted octanol–water partition coefficient (Wildman–Crippen LogP) is 3.05. The monoisotopic (exact) mass is 448 g/mol. The molecular weight excluding hydrogens is 421 g/mol. The third-order valence-corrected chi connectivity index (χ3v) is 6.80. The molecule has 1 aromatic rings. The Morgan fingerprint density at radius 3 is 2.63 bits per heavy atom. The molecule has 0 radical (unpaired) electrons. The molecule has 0 spiro atoms. The van der Waals surface area contributed by atoms with E-state index in [2.05, 4.69) is 29.3 Å². The summed E-state index contributed by atoms with van der Waals surface area (Å²) in [7, 11) is 0. The van der Waals surface area contributed by atoms with Gasteiger partial charge >= 0.3 is 12.1 Å². The number of rotatable bonds is 6. The Kier molecular flexibility index (Phi) is 7.09. The lowest BCUT2D eigenvalue weighted by Crippen LogP contribution is -2.43. The molecule has 2 atom stereocenters. The largest absolute Gasteiger partial charge is 0.490 e. The summed E-state index contributed by atoms with van der Waals surface area (Å²) in [5.74, 6) is -1.30. The molecule has 1 aliphatic carbocycles. The first-order chi connectivity index (χ1) is 14.1. The van der Waals surface area contributed by atoms with Crippen molar-refractivity contribution in [3.8, 4) is 0 Å². The van der Waals surface area contributed by atoms with Gasteiger partial charge in [0.15, 0.2) is 0 Å². The van der Waals surface area contributed by atoms with E-state index in [1.165, 1.54) is 22.6 Å². The molecule has 1 amide bonds. The Labute approximate surface area is 177 Å². The summed E-state index contributed by atoms with van der Waals surface area (Å²) in [4.78, 5) is 26.3. The van der Waals surface area contributed by atoms with E-state index >= 15 is 0 Å². The van der Waals surface area contributed by atoms with E-state index in [0.717, 1.165) is 45.8 Å². The fourth-order valence-electron chi connectivity index (χ4n) is 4.03. The quantitative estimate of drug-likeness (QED) is 0.700. The van der Waals surface area contributed by atoms with Crippen molar-refractivity contribution in [2.24, 2.45) is 17.3 Å². The van der Waals surface area contributed by atoms with Crippen molar-refractivity contribution in [3.05, 3.63) is 21.9 Å². The molecule has 2 N–H and O–H groups in total. The number of thiophene rings is 1. The van der Waals surface area contributed by atoms with E-state index in [4.69, 9.17) is 14.6 Å². The molecule has 2 aliphatic heterocycles. The molecule has 2 saturated heterocycles. The van der Waals surface area contributed by atoms with Gasteiger partial charge in [-0.05, 0) is 37.8 Å². The number of halogens is 3. The molecule has 4 rings (SSSR count). The van der Waals surface area contributed by atoms with Crippen LogP contribution in [0.3, 0.4) is 0 Å². The van der Waals surface area contributed by atoms with Gasteiger partial charge < -0.3 is 15.2 Å². The van der Waals surface area contributed by atoms with Crippen molar-refractivity contribution in [1.82, 2.24) is 10.2 Å². The molecule has 10 heteroatoms. The molecule has 0 aromatic carbocycles. The standard InChI is InChI=1S/C18H26N2O2S.C2HF3O2/c1-13-2-5-16(23-13)8-20-7-15-9-22-12-18(15,11-20)10-19-17(21)6-14-3-4-14;3-2(4,5)1(6)7/h2,5,14-15H,3-4,6-12H2,1H3,(H,19,21);(H,6,7)/t15-,18+;/m1./s1. The minimum atomic E-state index is -5.08. The average Bonchev–Trinajstić information content (AvgIpc) is 3.07. The van der Waals surface area contributed by atoms with E-state index < -0.39 is 12.1 Å². The number of carbonyl (C=O) groups is 2. The smallest absolute Gasteiger partial charge is 0.475 e. The van der Waals surface area contributed by atoms with Crippen LogP contribution in [0.2, 0.25) is 0 Å². The van der Waals surface area contributed by atoms with Crippen molar-refractivity contribution < 1.29 is 32.6 Å². The number of ether oxygens (including phenoxy) is 1. The Morgan fingerprint density at radius 2 is 2.07 bits per heavy atom. The van der Waals surface area contributed by atoms with Gasteiger partial charge in [-0.1, -0.05) is 0 Å². The van der Waals surface area contributed by atoms with Gasteiger partial charge in [-0.3, -0.25) is 9.69 Å². The highest BCUT2D eigenvalue weighted by atomic mass is 32.1. The fraction of sp³-hybridized carbons (Fsp3) is 0.700. The van der Waals surface area contributed by atoms with Gasteiger partial charge in [0.05, 0.1) is 13.2 Å². The molecule has 0 unspecified atom stereocenters. The number of aryl methyl sites for hydroxylation is 1. The van der Waals surface area contributed by atoms with Crippen LogP contribution in [-0.2, 0) is 20.9 Å². The Bertz CT molecular complexity index is 765. The zero-order valence-corrected chi connectivity index (χ0v) is 17.7. The molecule has 6 nitrogen and oxygen atoms in total. The number of carbonyl (C=O) groups excluding carboxylic acids is 1. The van der Waals surface area contributed by atoms with E-state index in [1.54, 1.807) is 0 Å². The molecule has 168 valence electrons. The van der Waals surface area contributed by atoms with E-state index in [0.29, 0.717) is 11.8 Å². The van der Waals surface area contributed by atoms with Gasteiger partial charge in [-0.25, -0.2) is 4.79 Å². The topological polar surface area (TPSA) is 78.9 Å². The third kappa shape index (κ3) is 6.18. The highest BCUT2D eigenvalue weighted by Gasteiger charge is 2.50. The summed E-state index contributed by atoms with van der Waals surface area (Å²) in [5.41, 5.74) is 0.130. The Balaban J connectivity index is 0.000000318. The number of fused-ring (bicyclic) bond motifs is 1. The fourth-order valence-corrected chi connectivity index (χ4v) is 4.97. The molecule has 3 aliphatic rings. The highest BCUT2D eigenvalue weighted by molar-refractivity contribution is 7.11. The zero-order chi connectivity index (χ0) is 21.9. The summed E-state index contributed by atoms with van der Waals surface area (Å²) >= 11 is 1.89. The van der Waals surface area contributed by atoms with Crippen LogP contribution >= 0.6 is 11.3 Å². The summed E-state index contributed by atoms with van der Waals surface area (Å²) in [5, 5.41) is 10.3. The van der Waals surface area contributed by atoms with Gasteiger partial charge in [-0.15, -0.1) is 11.3 Å². The molecule has 1 aromatic heterocycles. The van der Waals surface area contributed by atoms with Gasteiger partial charge in [0.2, 0.25) is 5.91 Å². The van der Waals surface area contributed by atoms with Crippen LogP contribution in [-0.4, -0.2) is 60.9 Å². The molecule has 30 heavy (non-hydrogen) atoms. The molecular formula is C20H27F3N2O4S. The number of carboxylic acids is 1. The number of hydrogen-bond donors (Lipinski definition) is 2. The summed E-state index contributed by atoms with van der Waals surface area (Å²) in [6, 6.07) is 4.45. The van der Waals surface area contributed by atoms with Crippen LogP contribution in [0.15, 0.2) is 12.1 Å². The lowest BCUT2D eigenvalue weighted by atomic mass is 9.81. The number of nitrogens with zero attached hydrogens (tertiary/aromatic N) is 1.